The van der Waals surface area contributed by atoms with Crippen LogP contribution in [0.3, 0.4) is 0 Å². The highest BCUT2D eigenvalue weighted by Gasteiger charge is 2.35. The summed E-state index contributed by atoms with van der Waals surface area (Å²) in [5.74, 6) is 0. The van der Waals surface area contributed by atoms with Gasteiger partial charge in [0, 0.05) is 22.5 Å². The molecule has 0 fully saturated rings. The first-order chi connectivity index (χ1) is 19.5. The van der Waals surface area contributed by atoms with Crippen LogP contribution in [-0.4, -0.2) is 0 Å². The van der Waals surface area contributed by atoms with Gasteiger partial charge >= 0.3 is 0 Å². The van der Waals surface area contributed by atoms with Crippen LogP contribution in [0, 0.1) is 11.3 Å². The third-order valence-corrected chi connectivity index (χ3v) is 8.75. The molecule has 0 amide bonds. The van der Waals surface area contributed by atoms with Crippen molar-refractivity contribution in [3.05, 3.63) is 138 Å². The zero-order chi connectivity index (χ0) is 27.0. The average Bonchev–Trinajstić information content (AvgIpc) is 3.22. The highest BCUT2D eigenvalue weighted by Crippen LogP contribution is 2.51. The average molecular weight is 511 g/mol. The molecule has 0 saturated carbocycles. The zero-order valence-electron chi connectivity index (χ0n) is 22.4. The molecule has 1 aliphatic rings. The van der Waals surface area contributed by atoms with E-state index in [1.54, 1.807) is 0 Å². The number of nitriles is 1. The summed E-state index contributed by atoms with van der Waals surface area (Å²) in [6.07, 6.45) is 0. The Morgan fingerprint density at radius 3 is 1.75 bits per heavy atom. The molecule has 0 N–H and O–H groups in total. The maximum absolute atomic E-state index is 9.52. The Bertz CT molecular complexity index is 2080. The summed E-state index contributed by atoms with van der Waals surface area (Å²) in [4.78, 5) is 2.38. The van der Waals surface area contributed by atoms with Crippen molar-refractivity contribution in [2.45, 2.75) is 19.3 Å². The maximum atomic E-state index is 9.52. The molecule has 40 heavy (non-hydrogen) atoms. The summed E-state index contributed by atoms with van der Waals surface area (Å²) in [6.45, 7) is 4.67. The van der Waals surface area contributed by atoms with E-state index >= 15 is 0 Å². The Labute approximate surface area is 233 Å². The largest absolute Gasteiger partial charge is 0.310 e. The number of hydrogen-bond acceptors (Lipinski definition) is 2. The van der Waals surface area contributed by atoms with E-state index in [-0.39, 0.29) is 5.41 Å². The first kappa shape index (κ1) is 22.8. The van der Waals surface area contributed by atoms with Gasteiger partial charge in [0.1, 0.15) is 0 Å². The van der Waals surface area contributed by atoms with Crippen molar-refractivity contribution < 1.29 is 0 Å². The van der Waals surface area contributed by atoms with Crippen molar-refractivity contribution in [2.75, 3.05) is 4.90 Å². The fraction of sp³-hybridized carbons (Fsp3) is 0.0789. The molecule has 0 aromatic heterocycles. The molecule has 0 radical (unpaired) electrons. The lowest BCUT2D eigenvalue weighted by molar-refractivity contribution is 0.660. The van der Waals surface area contributed by atoms with E-state index < -0.39 is 0 Å². The molecule has 8 rings (SSSR count). The molecule has 0 spiro atoms. The van der Waals surface area contributed by atoms with E-state index in [1.165, 1.54) is 43.8 Å². The smallest absolute Gasteiger partial charge is 0.0992 e. The van der Waals surface area contributed by atoms with Gasteiger partial charge in [-0.2, -0.15) is 5.26 Å². The van der Waals surface area contributed by atoms with Gasteiger partial charge in [-0.15, -0.1) is 0 Å². The van der Waals surface area contributed by atoms with E-state index in [9.17, 15) is 5.26 Å². The molecule has 188 valence electrons. The minimum atomic E-state index is -0.0694. The summed E-state index contributed by atoms with van der Waals surface area (Å²) in [6, 6.07) is 46.0. The van der Waals surface area contributed by atoms with Crippen LogP contribution in [0.4, 0.5) is 17.1 Å². The molecule has 1 aliphatic carbocycles. The SMILES string of the molecule is CC1(C)c2ccccc2-c2ccc(N(c3ccccc3)c3cc4ccc5cc(C#N)cc6ccc(c3)c4c56)cc21. The Balaban J connectivity index is 1.36. The third kappa shape index (κ3) is 3.15. The minimum Gasteiger partial charge on any atom is -0.310 e. The molecule has 2 nitrogen and oxygen atoms in total. The topological polar surface area (TPSA) is 27.0 Å². The number of anilines is 3. The van der Waals surface area contributed by atoms with Crippen molar-refractivity contribution in [1.29, 1.82) is 5.26 Å². The molecule has 0 aliphatic heterocycles. The summed E-state index contributed by atoms with van der Waals surface area (Å²) in [5, 5.41) is 16.6. The molecule has 7 aromatic rings. The number of hydrogen-bond donors (Lipinski definition) is 0. The van der Waals surface area contributed by atoms with E-state index in [1.807, 2.05) is 12.1 Å². The molecule has 2 heteroatoms. The molecule has 7 aromatic carbocycles. The fourth-order valence-corrected chi connectivity index (χ4v) is 6.87. The van der Waals surface area contributed by atoms with Crippen LogP contribution in [0.2, 0.25) is 0 Å². The lowest BCUT2D eigenvalue weighted by Crippen LogP contribution is -2.16. The second-order valence-electron chi connectivity index (χ2n) is 11.4. The summed E-state index contributed by atoms with van der Waals surface area (Å²) < 4.78 is 0. The Kier molecular flexibility index (Phi) is 4.67. The minimum absolute atomic E-state index is 0.0694. The quantitative estimate of drug-likeness (QED) is 0.221. The number of benzene rings is 7. The molecule has 0 heterocycles. The predicted octanol–water partition coefficient (Wildman–Crippen LogP) is 10.2. The van der Waals surface area contributed by atoms with Crippen molar-refractivity contribution in [3.63, 3.8) is 0 Å². The summed E-state index contributed by atoms with van der Waals surface area (Å²) >= 11 is 0. The Hall–Kier alpha value is -5.13. The molecule has 0 unspecified atom stereocenters. The lowest BCUT2D eigenvalue weighted by Gasteiger charge is -2.28. The van der Waals surface area contributed by atoms with Gasteiger partial charge in [0.2, 0.25) is 0 Å². The fourth-order valence-electron chi connectivity index (χ4n) is 6.87. The van der Waals surface area contributed by atoms with Crippen LogP contribution in [0.5, 0.6) is 0 Å². The van der Waals surface area contributed by atoms with Crippen LogP contribution in [0.25, 0.3) is 43.4 Å². The highest BCUT2D eigenvalue weighted by molar-refractivity contribution is 6.24. The van der Waals surface area contributed by atoms with Crippen LogP contribution in [-0.2, 0) is 5.41 Å². The number of fused-ring (bicyclic) bond motifs is 3. The maximum Gasteiger partial charge on any atom is 0.0992 e. The normalized spacial score (nSPS) is 13.4. The van der Waals surface area contributed by atoms with Gasteiger partial charge in [0.05, 0.1) is 11.6 Å². The van der Waals surface area contributed by atoms with E-state index in [4.69, 9.17) is 0 Å². The Morgan fingerprint density at radius 2 is 1.10 bits per heavy atom. The first-order valence-corrected chi connectivity index (χ1v) is 13.8. The van der Waals surface area contributed by atoms with Gasteiger partial charge < -0.3 is 4.90 Å². The standard InChI is InChI=1S/C38H26N2/c1-38(2)34-11-7-6-10-32(34)33-17-16-30(22-35(33)38)40(29-8-4-3-5-9-29)31-20-27-14-12-25-18-24(23-39)19-26-13-15-28(21-31)37(27)36(25)26/h3-22H,1-2H3. The Morgan fingerprint density at radius 1 is 0.525 bits per heavy atom. The molecule has 0 bridgehead atoms. The van der Waals surface area contributed by atoms with Gasteiger partial charge in [-0.1, -0.05) is 86.6 Å². The van der Waals surface area contributed by atoms with Crippen LogP contribution in [0.1, 0.15) is 30.5 Å². The van der Waals surface area contributed by atoms with E-state index in [0.29, 0.717) is 5.56 Å². The van der Waals surface area contributed by atoms with Crippen LogP contribution in [0.15, 0.2) is 121 Å². The molecule has 0 atom stereocenters. The van der Waals surface area contributed by atoms with Gasteiger partial charge in [-0.05, 0) is 103 Å². The van der Waals surface area contributed by atoms with Crippen molar-refractivity contribution in [2.24, 2.45) is 0 Å². The monoisotopic (exact) mass is 510 g/mol. The second kappa shape index (κ2) is 8.18. The summed E-state index contributed by atoms with van der Waals surface area (Å²) in [5.41, 5.74) is 9.44. The van der Waals surface area contributed by atoms with Gasteiger partial charge in [0.15, 0.2) is 0 Å². The third-order valence-electron chi connectivity index (χ3n) is 8.75. The molecular formula is C38H26N2. The van der Waals surface area contributed by atoms with Crippen molar-refractivity contribution >= 4 is 49.4 Å². The van der Waals surface area contributed by atoms with Crippen LogP contribution >= 0.6 is 0 Å². The van der Waals surface area contributed by atoms with Crippen LogP contribution < -0.4 is 4.90 Å². The second-order valence-corrected chi connectivity index (χ2v) is 11.4. The first-order valence-electron chi connectivity index (χ1n) is 13.8. The predicted molar refractivity (Wildman–Crippen MR) is 167 cm³/mol. The van der Waals surface area contributed by atoms with E-state index in [2.05, 4.69) is 134 Å². The number of rotatable bonds is 3. The lowest BCUT2D eigenvalue weighted by atomic mass is 9.82. The van der Waals surface area contributed by atoms with Crippen molar-refractivity contribution in [1.82, 2.24) is 0 Å². The van der Waals surface area contributed by atoms with Crippen molar-refractivity contribution in [3.8, 4) is 17.2 Å². The van der Waals surface area contributed by atoms with Gasteiger partial charge in [0.25, 0.3) is 0 Å². The highest BCUT2D eigenvalue weighted by atomic mass is 15.1. The number of nitrogens with zero attached hydrogens (tertiary/aromatic N) is 2. The number of para-hydroxylation sites is 1. The van der Waals surface area contributed by atoms with Gasteiger partial charge in [-0.25, -0.2) is 0 Å². The van der Waals surface area contributed by atoms with Gasteiger partial charge in [-0.3, -0.25) is 0 Å². The zero-order valence-corrected chi connectivity index (χ0v) is 22.4. The van der Waals surface area contributed by atoms with E-state index in [0.717, 1.165) is 27.8 Å². The molecular weight excluding hydrogens is 484 g/mol. The summed E-state index contributed by atoms with van der Waals surface area (Å²) in [7, 11) is 0. The molecule has 0 saturated heterocycles.